The molecular formula is C21H32N2O4S. The molecule has 1 aromatic carbocycles. The Morgan fingerprint density at radius 1 is 1.07 bits per heavy atom. The van der Waals surface area contributed by atoms with Crippen LogP contribution in [0.15, 0.2) is 23.1 Å². The molecule has 0 aromatic heterocycles. The number of hydrogen-bond donors (Lipinski definition) is 2. The highest BCUT2D eigenvalue weighted by Gasteiger charge is 2.26. The molecule has 7 heteroatoms. The number of amides is 1. The number of benzene rings is 1. The molecule has 0 unspecified atom stereocenters. The summed E-state index contributed by atoms with van der Waals surface area (Å²) in [6, 6.07) is 4.55. The van der Waals surface area contributed by atoms with Crippen molar-refractivity contribution in [3.05, 3.63) is 23.8 Å². The highest BCUT2D eigenvalue weighted by atomic mass is 32.2. The lowest BCUT2D eigenvalue weighted by molar-refractivity contribution is 0.0950. The summed E-state index contributed by atoms with van der Waals surface area (Å²) in [5.41, 5.74) is 0.344. The first-order chi connectivity index (χ1) is 13.5. The summed E-state index contributed by atoms with van der Waals surface area (Å²) in [6.45, 7) is 0.623. The van der Waals surface area contributed by atoms with Gasteiger partial charge in [-0.05, 0) is 43.4 Å². The van der Waals surface area contributed by atoms with Gasteiger partial charge in [-0.2, -0.15) is 0 Å². The number of carbonyl (C=O) groups is 1. The van der Waals surface area contributed by atoms with Crippen LogP contribution in [0.4, 0.5) is 0 Å². The lowest BCUT2D eigenvalue weighted by atomic mass is 9.87. The molecule has 0 bridgehead atoms. The molecule has 2 N–H and O–H groups in total. The fraction of sp³-hybridized carbons (Fsp3) is 0.667. The molecule has 2 aliphatic carbocycles. The van der Waals surface area contributed by atoms with Gasteiger partial charge in [-0.1, -0.05) is 44.9 Å². The summed E-state index contributed by atoms with van der Waals surface area (Å²) < 4.78 is 33.7. The second-order valence-electron chi connectivity index (χ2n) is 8.02. The Kier molecular flexibility index (Phi) is 7.35. The molecule has 0 saturated heterocycles. The first-order valence-electron chi connectivity index (χ1n) is 10.5. The van der Waals surface area contributed by atoms with Crippen molar-refractivity contribution in [3.63, 3.8) is 0 Å². The zero-order chi connectivity index (χ0) is 20.0. The number of hydrogen-bond acceptors (Lipinski definition) is 4. The minimum atomic E-state index is -3.74. The van der Waals surface area contributed by atoms with Crippen molar-refractivity contribution in [2.24, 2.45) is 5.92 Å². The Hall–Kier alpha value is -1.60. The Morgan fingerprint density at radius 2 is 1.75 bits per heavy atom. The van der Waals surface area contributed by atoms with E-state index in [1.807, 2.05) is 0 Å². The second-order valence-corrected chi connectivity index (χ2v) is 9.70. The topological polar surface area (TPSA) is 84.5 Å². The van der Waals surface area contributed by atoms with Crippen molar-refractivity contribution in [3.8, 4) is 5.75 Å². The second kappa shape index (κ2) is 9.74. The van der Waals surface area contributed by atoms with Crippen molar-refractivity contribution in [2.45, 2.75) is 75.1 Å². The van der Waals surface area contributed by atoms with Gasteiger partial charge in [-0.15, -0.1) is 0 Å². The zero-order valence-corrected chi connectivity index (χ0v) is 17.5. The number of sulfonamides is 1. The summed E-state index contributed by atoms with van der Waals surface area (Å²) in [5.74, 6) is 0.705. The fourth-order valence-corrected chi connectivity index (χ4v) is 5.82. The third-order valence-electron chi connectivity index (χ3n) is 5.96. The van der Waals surface area contributed by atoms with E-state index in [1.165, 1.54) is 45.3 Å². The van der Waals surface area contributed by atoms with E-state index in [9.17, 15) is 13.2 Å². The molecular weight excluding hydrogens is 376 g/mol. The smallest absolute Gasteiger partial charge is 0.251 e. The van der Waals surface area contributed by atoms with Gasteiger partial charge in [0.1, 0.15) is 10.6 Å². The van der Waals surface area contributed by atoms with E-state index in [4.69, 9.17) is 4.74 Å². The highest BCUT2D eigenvalue weighted by Crippen LogP contribution is 2.28. The van der Waals surface area contributed by atoms with Crippen molar-refractivity contribution in [2.75, 3.05) is 13.7 Å². The van der Waals surface area contributed by atoms with Crippen LogP contribution in [0.1, 0.15) is 74.6 Å². The van der Waals surface area contributed by atoms with Crippen LogP contribution in [0.2, 0.25) is 0 Å². The van der Waals surface area contributed by atoms with E-state index in [0.717, 1.165) is 32.1 Å². The number of methoxy groups -OCH3 is 1. The van der Waals surface area contributed by atoms with E-state index in [0.29, 0.717) is 18.0 Å². The first-order valence-corrected chi connectivity index (χ1v) is 12.0. The molecule has 3 rings (SSSR count). The van der Waals surface area contributed by atoms with E-state index in [-0.39, 0.29) is 22.6 Å². The SMILES string of the molecule is COc1ccc(C(=O)NCCC2CCCCC2)cc1S(=O)(=O)NC1CCCC1. The Bertz CT molecular complexity index is 767. The van der Waals surface area contributed by atoms with Gasteiger partial charge >= 0.3 is 0 Å². The van der Waals surface area contributed by atoms with Crippen molar-refractivity contribution in [1.29, 1.82) is 0 Å². The van der Waals surface area contributed by atoms with E-state index in [2.05, 4.69) is 10.0 Å². The lowest BCUT2D eigenvalue weighted by Crippen LogP contribution is -2.33. The summed E-state index contributed by atoms with van der Waals surface area (Å²) in [7, 11) is -2.30. The van der Waals surface area contributed by atoms with Gasteiger partial charge in [0.05, 0.1) is 7.11 Å². The van der Waals surface area contributed by atoms with Crippen LogP contribution in [0.3, 0.4) is 0 Å². The average molecular weight is 409 g/mol. The molecule has 0 atom stereocenters. The van der Waals surface area contributed by atoms with Gasteiger partial charge < -0.3 is 10.1 Å². The van der Waals surface area contributed by atoms with Gasteiger partial charge in [0.15, 0.2) is 0 Å². The van der Waals surface area contributed by atoms with Crippen LogP contribution in [0.5, 0.6) is 5.75 Å². The molecule has 156 valence electrons. The Balaban J connectivity index is 1.66. The van der Waals surface area contributed by atoms with Crippen molar-refractivity contribution in [1.82, 2.24) is 10.0 Å². The van der Waals surface area contributed by atoms with E-state index in [1.54, 1.807) is 12.1 Å². The summed E-state index contributed by atoms with van der Waals surface area (Å²) >= 11 is 0. The lowest BCUT2D eigenvalue weighted by Gasteiger charge is -2.21. The summed E-state index contributed by atoms with van der Waals surface area (Å²) in [5, 5.41) is 2.94. The molecule has 0 aliphatic heterocycles. The van der Waals surface area contributed by atoms with Crippen molar-refractivity contribution >= 4 is 15.9 Å². The molecule has 0 heterocycles. The van der Waals surface area contributed by atoms with Gasteiger partial charge in [-0.25, -0.2) is 13.1 Å². The van der Waals surface area contributed by atoms with Gasteiger partial charge in [0, 0.05) is 18.2 Å². The van der Waals surface area contributed by atoms with E-state index >= 15 is 0 Å². The molecule has 2 fully saturated rings. The van der Waals surface area contributed by atoms with Crippen LogP contribution in [0.25, 0.3) is 0 Å². The monoisotopic (exact) mass is 408 g/mol. The summed E-state index contributed by atoms with van der Waals surface area (Å²) in [6.07, 6.45) is 11.1. The van der Waals surface area contributed by atoms with Crippen molar-refractivity contribution < 1.29 is 17.9 Å². The van der Waals surface area contributed by atoms with Gasteiger partial charge in [0.25, 0.3) is 5.91 Å². The van der Waals surface area contributed by atoms with Crippen LogP contribution < -0.4 is 14.8 Å². The fourth-order valence-electron chi connectivity index (χ4n) is 4.32. The number of carbonyl (C=O) groups excluding carboxylic acids is 1. The van der Waals surface area contributed by atoms with Crippen LogP contribution in [0, 0.1) is 5.92 Å². The number of rotatable bonds is 8. The minimum absolute atomic E-state index is 0.0295. The standard InChI is InChI=1S/C21H32N2O4S/c1-27-19-12-11-17(21(24)22-14-13-16-7-3-2-4-8-16)15-20(19)28(25,26)23-18-9-5-6-10-18/h11-12,15-16,18,23H,2-10,13-14H2,1H3,(H,22,24). The third-order valence-corrected chi connectivity index (χ3v) is 7.50. The molecule has 2 aliphatic rings. The molecule has 1 amide bonds. The largest absolute Gasteiger partial charge is 0.495 e. The normalized spacial score (nSPS) is 18.9. The van der Waals surface area contributed by atoms with Crippen LogP contribution in [-0.2, 0) is 10.0 Å². The molecule has 0 radical (unpaired) electrons. The molecule has 0 spiro atoms. The number of ether oxygens (including phenoxy) is 1. The molecule has 6 nitrogen and oxygen atoms in total. The maximum Gasteiger partial charge on any atom is 0.251 e. The Labute approximate surface area is 168 Å². The maximum atomic E-state index is 12.8. The quantitative estimate of drug-likeness (QED) is 0.688. The van der Waals surface area contributed by atoms with Crippen LogP contribution >= 0.6 is 0 Å². The Morgan fingerprint density at radius 3 is 2.43 bits per heavy atom. The first kappa shape index (κ1) is 21.1. The predicted molar refractivity (Wildman–Crippen MR) is 109 cm³/mol. The van der Waals surface area contributed by atoms with Crippen LogP contribution in [-0.4, -0.2) is 34.0 Å². The molecule has 28 heavy (non-hydrogen) atoms. The maximum absolute atomic E-state index is 12.8. The third kappa shape index (κ3) is 5.47. The van der Waals surface area contributed by atoms with E-state index < -0.39 is 10.0 Å². The molecule has 1 aromatic rings. The zero-order valence-electron chi connectivity index (χ0n) is 16.7. The minimum Gasteiger partial charge on any atom is -0.495 e. The molecule has 2 saturated carbocycles. The average Bonchev–Trinajstić information content (AvgIpc) is 3.20. The predicted octanol–water partition coefficient (Wildman–Crippen LogP) is 3.62. The van der Waals surface area contributed by atoms with Gasteiger partial charge in [0.2, 0.25) is 10.0 Å². The summed E-state index contributed by atoms with van der Waals surface area (Å²) in [4.78, 5) is 12.6. The number of nitrogens with one attached hydrogen (secondary N) is 2. The highest BCUT2D eigenvalue weighted by molar-refractivity contribution is 7.89. The van der Waals surface area contributed by atoms with Gasteiger partial charge in [-0.3, -0.25) is 4.79 Å².